The molecule has 0 spiro atoms. The Morgan fingerprint density at radius 2 is 2.08 bits per heavy atom. The van der Waals surface area contributed by atoms with Crippen LogP contribution in [-0.2, 0) is 11.2 Å². The normalized spacial score (nSPS) is 22.6. The quantitative estimate of drug-likeness (QED) is 0.770. The molecule has 1 fully saturated rings. The predicted molar refractivity (Wildman–Crippen MR) is 97.1 cm³/mol. The van der Waals surface area contributed by atoms with Crippen molar-refractivity contribution in [2.75, 3.05) is 40.8 Å². The van der Waals surface area contributed by atoms with E-state index in [1.165, 1.54) is 5.56 Å². The van der Waals surface area contributed by atoms with Crippen LogP contribution >= 0.6 is 0 Å². The zero-order chi connectivity index (χ0) is 17.7. The van der Waals surface area contributed by atoms with Gasteiger partial charge in [0.05, 0.1) is 11.6 Å². The van der Waals surface area contributed by atoms with Crippen molar-refractivity contribution in [1.82, 2.24) is 25.3 Å². The molecule has 24 heavy (non-hydrogen) atoms. The first-order chi connectivity index (χ1) is 11.4. The molecule has 0 unspecified atom stereocenters. The molecule has 1 aliphatic rings. The lowest BCUT2D eigenvalue weighted by molar-refractivity contribution is -0.125. The molecule has 2 atom stereocenters. The molecule has 0 radical (unpaired) electrons. The highest BCUT2D eigenvalue weighted by Gasteiger charge is 2.27. The van der Waals surface area contributed by atoms with Crippen LogP contribution in [0.1, 0.15) is 36.2 Å². The molecule has 1 amide bonds. The Bertz CT molecular complexity index is 520. The number of rotatable bonds is 6. The second-order valence-corrected chi connectivity index (χ2v) is 7.42. The van der Waals surface area contributed by atoms with Crippen molar-refractivity contribution in [3.05, 3.63) is 17.0 Å². The van der Waals surface area contributed by atoms with Crippen molar-refractivity contribution in [2.24, 2.45) is 5.92 Å². The number of likely N-dealkylation sites (N-methyl/N-ethyl adjacent to an activating group) is 2. The number of nitrogens with zero attached hydrogens (tertiary/aromatic N) is 3. The zero-order valence-corrected chi connectivity index (χ0v) is 15.9. The molecule has 0 aromatic carbocycles. The second kappa shape index (κ2) is 8.62. The average molecular weight is 335 g/mol. The van der Waals surface area contributed by atoms with E-state index in [0.29, 0.717) is 6.04 Å². The monoisotopic (exact) mass is 335 g/mol. The summed E-state index contributed by atoms with van der Waals surface area (Å²) in [6.45, 7) is 6.71. The van der Waals surface area contributed by atoms with Crippen LogP contribution in [0.15, 0.2) is 0 Å². The Morgan fingerprint density at radius 1 is 1.33 bits per heavy atom. The summed E-state index contributed by atoms with van der Waals surface area (Å²) < 4.78 is 0. The first-order valence-electron chi connectivity index (χ1n) is 9.01. The number of carbonyl (C=O) groups excluding carboxylic acids is 1. The van der Waals surface area contributed by atoms with Gasteiger partial charge in [-0.05, 0) is 66.2 Å². The summed E-state index contributed by atoms with van der Waals surface area (Å²) >= 11 is 0. The van der Waals surface area contributed by atoms with Crippen LogP contribution in [-0.4, -0.2) is 72.7 Å². The van der Waals surface area contributed by atoms with Crippen molar-refractivity contribution in [1.29, 1.82) is 0 Å². The van der Waals surface area contributed by atoms with Gasteiger partial charge in [-0.1, -0.05) is 0 Å². The third kappa shape index (κ3) is 5.05. The molecule has 2 heterocycles. The summed E-state index contributed by atoms with van der Waals surface area (Å²) in [5.41, 5.74) is 3.49. The van der Waals surface area contributed by atoms with Crippen LogP contribution in [0.2, 0.25) is 0 Å². The number of hydrogen-bond acceptors (Lipinski definition) is 4. The Kier molecular flexibility index (Phi) is 6.80. The molecular formula is C18H33N5O. The number of amides is 1. The number of aromatic amines is 1. The predicted octanol–water partition coefficient (Wildman–Crippen LogP) is 1.35. The highest BCUT2D eigenvalue weighted by atomic mass is 16.1. The van der Waals surface area contributed by atoms with Crippen LogP contribution in [0, 0.1) is 19.8 Å². The molecule has 0 aliphatic carbocycles. The first-order valence-corrected chi connectivity index (χ1v) is 9.01. The second-order valence-electron chi connectivity index (χ2n) is 7.42. The van der Waals surface area contributed by atoms with Crippen LogP contribution in [0.4, 0.5) is 0 Å². The molecule has 1 aliphatic heterocycles. The van der Waals surface area contributed by atoms with E-state index in [2.05, 4.69) is 53.4 Å². The fraction of sp³-hybridized carbons (Fsp3) is 0.778. The Morgan fingerprint density at radius 3 is 2.71 bits per heavy atom. The molecule has 136 valence electrons. The van der Waals surface area contributed by atoms with E-state index >= 15 is 0 Å². The van der Waals surface area contributed by atoms with Crippen LogP contribution in [0.25, 0.3) is 0 Å². The SMILES string of the molecule is Cc1n[nH]c(C)c1CCCNC(=O)[C@@H]1CC[C@H](N(C)C)CN(C)C1. The van der Waals surface area contributed by atoms with Crippen LogP contribution in [0.5, 0.6) is 0 Å². The summed E-state index contributed by atoms with van der Waals surface area (Å²) in [7, 11) is 6.37. The van der Waals surface area contributed by atoms with E-state index in [1.807, 2.05) is 6.92 Å². The standard InChI is InChI=1S/C18H33N5O/c1-13-17(14(2)21-20-13)7-6-10-19-18(24)15-8-9-16(22(3)4)12-23(5)11-15/h15-16H,6-12H2,1-5H3,(H,19,24)(H,20,21)/t15-,16+/m1/s1. The van der Waals surface area contributed by atoms with E-state index in [1.54, 1.807) is 0 Å². The summed E-state index contributed by atoms with van der Waals surface area (Å²) in [4.78, 5) is 17.1. The number of aromatic nitrogens is 2. The average Bonchev–Trinajstić information content (AvgIpc) is 2.73. The maximum Gasteiger partial charge on any atom is 0.224 e. The van der Waals surface area contributed by atoms with Gasteiger partial charge in [-0.15, -0.1) is 0 Å². The van der Waals surface area contributed by atoms with E-state index in [0.717, 1.165) is 56.7 Å². The van der Waals surface area contributed by atoms with Gasteiger partial charge in [-0.25, -0.2) is 0 Å². The number of hydrogen-bond donors (Lipinski definition) is 2. The minimum atomic E-state index is 0.109. The molecule has 6 nitrogen and oxygen atoms in total. The highest BCUT2D eigenvalue weighted by Crippen LogP contribution is 2.18. The Balaban J connectivity index is 1.76. The van der Waals surface area contributed by atoms with Gasteiger partial charge in [-0.2, -0.15) is 5.10 Å². The number of aryl methyl sites for hydroxylation is 2. The van der Waals surface area contributed by atoms with Crippen molar-refractivity contribution < 1.29 is 4.79 Å². The van der Waals surface area contributed by atoms with Gasteiger partial charge in [-0.3, -0.25) is 9.89 Å². The van der Waals surface area contributed by atoms with Crippen molar-refractivity contribution in [3.8, 4) is 0 Å². The highest BCUT2D eigenvalue weighted by molar-refractivity contribution is 5.78. The largest absolute Gasteiger partial charge is 0.356 e. The zero-order valence-electron chi connectivity index (χ0n) is 15.9. The minimum Gasteiger partial charge on any atom is -0.356 e. The van der Waals surface area contributed by atoms with Gasteiger partial charge in [0.2, 0.25) is 5.91 Å². The van der Waals surface area contributed by atoms with Crippen LogP contribution in [0.3, 0.4) is 0 Å². The van der Waals surface area contributed by atoms with Gasteiger partial charge in [0.25, 0.3) is 0 Å². The van der Waals surface area contributed by atoms with Gasteiger partial charge in [0, 0.05) is 31.4 Å². The van der Waals surface area contributed by atoms with Crippen molar-refractivity contribution in [2.45, 2.75) is 45.6 Å². The van der Waals surface area contributed by atoms with E-state index in [4.69, 9.17) is 0 Å². The number of nitrogens with one attached hydrogen (secondary N) is 2. The fourth-order valence-electron chi connectivity index (χ4n) is 3.59. The summed E-state index contributed by atoms with van der Waals surface area (Å²) in [6.07, 6.45) is 3.97. The van der Waals surface area contributed by atoms with Crippen molar-refractivity contribution in [3.63, 3.8) is 0 Å². The number of carbonyl (C=O) groups is 1. The topological polar surface area (TPSA) is 64.3 Å². The summed E-state index contributed by atoms with van der Waals surface area (Å²) in [5.74, 6) is 0.319. The van der Waals surface area contributed by atoms with E-state index in [-0.39, 0.29) is 11.8 Å². The lowest BCUT2D eigenvalue weighted by Gasteiger charge is -2.25. The van der Waals surface area contributed by atoms with Crippen molar-refractivity contribution >= 4 is 5.91 Å². The van der Waals surface area contributed by atoms with Crippen LogP contribution < -0.4 is 5.32 Å². The smallest absolute Gasteiger partial charge is 0.224 e. The lowest BCUT2D eigenvalue weighted by atomic mass is 10.0. The summed E-state index contributed by atoms with van der Waals surface area (Å²) in [6, 6.07) is 0.542. The van der Waals surface area contributed by atoms with Gasteiger partial charge >= 0.3 is 0 Å². The molecule has 1 saturated heterocycles. The number of likely N-dealkylation sites (tertiary alicyclic amines) is 1. The molecule has 2 N–H and O–H groups in total. The van der Waals surface area contributed by atoms with E-state index < -0.39 is 0 Å². The Hall–Kier alpha value is -1.40. The lowest BCUT2D eigenvalue weighted by Crippen LogP contribution is -2.39. The third-order valence-electron chi connectivity index (χ3n) is 5.19. The molecule has 0 bridgehead atoms. The maximum atomic E-state index is 12.5. The molecule has 6 heteroatoms. The third-order valence-corrected chi connectivity index (χ3v) is 5.19. The molecule has 1 aromatic heterocycles. The van der Waals surface area contributed by atoms with Gasteiger partial charge in [0.1, 0.15) is 0 Å². The minimum absolute atomic E-state index is 0.109. The number of H-pyrrole nitrogens is 1. The molecule has 1 aromatic rings. The maximum absolute atomic E-state index is 12.5. The van der Waals surface area contributed by atoms with E-state index in [9.17, 15) is 4.79 Å². The first kappa shape index (κ1) is 18.9. The van der Waals surface area contributed by atoms with Gasteiger partial charge < -0.3 is 15.1 Å². The molecule has 2 rings (SSSR count). The van der Waals surface area contributed by atoms with Gasteiger partial charge in [0.15, 0.2) is 0 Å². The fourth-order valence-corrected chi connectivity index (χ4v) is 3.59. The molecular weight excluding hydrogens is 302 g/mol. The summed E-state index contributed by atoms with van der Waals surface area (Å²) in [5, 5.41) is 10.4. The Labute approximate surface area is 146 Å². The molecule has 0 saturated carbocycles.